The number of hydrogen-bond acceptors (Lipinski definition) is 3. The second kappa shape index (κ2) is 9.89. The molecule has 0 saturated heterocycles. The molecule has 0 amide bonds. The van der Waals surface area contributed by atoms with Gasteiger partial charge in [0, 0.05) is 13.7 Å². The van der Waals surface area contributed by atoms with Crippen LogP contribution in [-0.4, -0.2) is 40.5 Å². The second-order valence-electron chi connectivity index (χ2n) is 4.65. The highest BCUT2D eigenvalue weighted by Gasteiger charge is 2.09. The Balaban J connectivity index is 2.33. The zero-order valence-corrected chi connectivity index (χ0v) is 11.8. The van der Waals surface area contributed by atoms with Crippen molar-refractivity contribution in [1.29, 1.82) is 0 Å². The third-order valence-electron chi connectivity index (χ3n) is 3.03. The summed E-state index contributed by atoms with van der Waals surface area (Å²) in [4.78, 5) is 0. The summed E-state index contributed by atoms with van der Waals surface area (Å²) in [6, 6.07) is 6.73. The lowest BCUT2D eigenvalue weighted by Gasteiger charge is -2.16. The largest absolute Gasteiger partial charge is 0.382 e. The van der Waals surface area contributed by atoms with E-state index in [-0.39, 0.29) is 5.82 Å². The molecule has 0 aliphatic heterocycles. The van der Waals surface area contributed by atoms with E-state index in [0.717, 1.165) is 26.0 Å². The van der Waals surface area contributed by atoms with Gasteiger partial charge in [0.25, 0.3) is 0 Å². The summed E-state index contributed by atoms with van der Waals surface area (Å²) >= 11 is 0. The fourth-order valence-corrected chi connectivity index (χ4v) is 2.01. The van der Waals surface area contributed by atoms with E-state index in [1.807, 2.05) is 19.2 Å². The molecule has 1 N–H and O–H groups in total. The standard InChI is InChI=1S/C15H24FNO2/c1-17-12-14(7-8-19-10-9-18-2)11-13-3-5-15(16)6-4-13/h3-6,14,17H,7-12H2,1-2H3. The van der Waals surface area contributed by atoms with Gasteiger partial charge in [0.15, 0.2) is 0 Å². The van der Waals surface area contributed by atoms with Crippen molar-refractivity contribution < 1.29 is 13.9 Å². The molecule has 0 aliphatic carbocycles. The quantitative estimate of drug-likeness (QED) is 0.661. The summed E-state index contributed by atoms with van der Waals surface area (Å²) in [7, 11) is 3.62. The van der Waals surface area contributed by atoms with Crippen LogP contribution < -0.4 is 5.32 Å². The topological polar surface area (TPSA) is 30.5 Å². The van der Waals surface area contributed by atoms with Crippen LogP contribution in [0.4, 0.5) is 4.39 Å². The number of rotatable bonds is 10. The average molecular weight is 269 g/mol. The first-order valence-electron chi connectivity index (χ1n) is 6.72. The number of halogens is 1. The highest BCUT2D eigenvalue weighted by atomic mass is 19.1. The zero-order valence-electron chi connectivity index (χ0n) is 11.8. The Morgan fingerprint density at radius 3 is 2.53 bits per heavy atom. The Kier molecular flexibility index (Phi) is 8.38. The summed E-state index contributed by atoms with van der Waals surface area (Å²) in [6.07, 6.45) is 1.93. The smallest absolute Gasteiger partial charge is 0.123 e. The average Bonchev–Trinajstić information content (AvgIpc) is 2.41. The van der Waals surface area contributed by atoms with Crippen molar-refractivity contribution in [2.45, 2.75) is 12.8 Å². The minimum Gasteiger partial charge on any atom is -0.382 e. The van der Waals surface area contributed by atoms with Gasteiger partial charge in [0.2, 0.25) is 0 Å². The molecule has 3 nitrogen and oxygen atoms in total. The molecule has 0 aliphatic rings. The Bertz CT molecular complexity index is 329. The van der Waals surface area contributed by atoms with Gasteiger partial charge in [-0.2, -0.15) is 0 Å². The molecule has 0 bridgehead atoms. The maximum atomic E-state index is 12.8. The summed E-state index contributed by atoms with van der Waals surface area (Å²) in [5.74, 6) is 0.315. The van der Waals surface area contributed by atoms with E-state index in [9.17, 15) is 4.39 Å². The Labute approximate surface area is 115 Å². The minimum atomic E-state index is -0.184. The van der Waals surface area contributed by atoms with Gasteiger partial charge in [-0.1, -0.05) is 12.1 Å². The van der Waals surface area contributed by atoms with Crippen LogP contribution in [-0.2, 0) is 15.9 Å². The maximum Gasteiger partial charge on any atom is 0.123 e. The van der Waals surface area contributed by atoms with Crippen molar-refractivity contribution in [3.8, 4) is 0 Å². The predicted molar refractivity (Wildman–Crippen MR) is 74.8 cm³/mol. The van der Waals surface area contributed by atoms with Crippen LogP contribution in [0.1, 0.15) is 12.0 Å². The molecular formula is C15H24FNO2. The Morgan fingerprint density at radius 2 is 1.89 bits per heavy atom. The van der Waals surface area contributed by atoms with Gasteiger partial charge in [0.1, 0.15) is 5.82 Å². The minimum absolute atomic E-state index is 0.184. The van der Waals surface area contributed by atoms with E-state index in [4.69, 9.17) is 9.47 Å². The molecule has 0 saturated carbocycles. The first-order valence-corrected chi connectivity index (χ1v) is 6.72. The van der Waals surface area contributed by atoms with Crippen LogP contribution >= 0.6 is 0 Å². The highest BCUT2D eigenvalue weighted by Crippen LogP contribution is 2.13. The first-order chi connectivity index (χ1) is 9.26. The van der Waals surface area contributed by atoms with E-state index < -0.39 is 0 Å². The molecule has 1 unspecified atom stereocenters. The fraction of sp³-hybridized carbons (Fsp3) is 0.600. The lowest BCUT2D eigenvalue weighted by atomic mass is 9.96. The van der Waals surface area contributed by atoms with E-state index in [0.29, 0.717) is 19.1 Å². The molecule has 1 aromatic rings. The SMILES string of the molecule is CNCC(CCOCCOC)Cc1ccc(F)cc1. The molecular weight excluding hydrogens is 245 g/mol. The van der Waals surface area contributed by atoms with Gasteiger partial charge in [-0.15, -0.1) is 0 Å². The number of ether oxygens (including phenoxy) is 2. The lowest BCUT2D eigenvalue weighted by Crippen LogP contribution is -2.22. The van der Waals surface area contributed by atoms with Crippen molar-refractivity contribution in [1.82, 2.24) is 5.32 Å². The second-order valence-corrected chi connectivity index (χ2v) is 4.65. The van der Waals surface area contributed by atoms with Crippen molar-refractivity contribution in [2.75, 3.05) is 40.5 Å². The van der Waals surface area contributed by atoms with E-state index in [1.54, 1.807) is 7.11 Å². The summed E-state index contributed by atoms with van der Waals surface area (Å²) < 4.78 is 23.3. The van der Waals surface area contributed by atoms with Gasteiger partial charge in [-0.05, 0) is 50.0 Å². The molecule has 1 atom stereocenters. The van der Waals surface area contributed by atoms with Crippen LogP contribution in [0.5, 0.6) is 0 Å². The third-order valence-corrected chi connectivity index (χ3v) is 3.03. The number of nitrogens with one attached hydrogen (secondary N) is 1. The van der Waals surface area contributed by atoms with Gasteiger partial charge in [-0.25, -0.2) is 4.39 Å². The number of hydrogen-bond donors (Lipinski definition) is 1. The zero-order chi connectivity index (χ0) is 13.9. The van der Waals surface area contributed by atoms with Gasteiger partial charge in [0.05, 0.1) is 13.2 Å². The predicted octanol–water partition coefficient (Wildman–Crippen LogP) is 2.26. The fourth-order valence-electron chi connectivity index (χ4n) is 2.01. The maximum absolute atomic E-state index is 12.8. The molecule has 0 aromatic heterocycles. The molecule has 108 valence electrons. The Morgan fingerprint density at radius 1 is 1.16 bits per heavy atom. The van der Waals surface area contributed by atoms with Crippen molar-refractivity contribution >= 4 is 0 Å². The van der Waals surface area contributed by atoms with Crippen molar-refractivity contribution in [2.24, 2.45) is 5.92 Å². The van der Waals surface area contributed by atoms with Crippen molar-refractivity contribution in [3.05, 3.63) is 35.6 Å². The normalized spacial score (nSPS) is 12.6. The van der Waals surface area contributed by atoms with Gasteiger partial charge < -0.3 is 14.8 Å². The van der Waals surface area contributed by atoms with E-state index in [1.165, 1.54) is 17.7 Å². The van der Waals surface area contributed by atoms with Crippen molar-refractivity contribution in [3.63, 3.8) is 0 Å². The van der Waals surface area contributed by atoms with E-state index >= 15 is 0 Å². The van der Waals surface area contributed by atoms with Crippen LogP contribution in [0, 0.1) is 11.7 Å². The monoisotopic (exact) mass is 269 g/mol. The summed E-state index contributed by atoms with van der Waals surface area (Å²) in [6.45, 7) is 2.94. The number of methoxy groups -OCH3 is 1. The van der Waals surface area contributed by atoms with Crippen LogP contribution in [0.25, 0.3) is 0 Å². The molecule has 1 rings (SSSR count). The Hall–Kier alpha value is -0.970. The summed E-state index contributed by atoms with van der Waals surface area (Å²) in [5, 5.41) is 3.20. The van der Waals surface area contributed by atoms with Crippen LogP contribution in [0.15, 0.2) is 24.3 Å². The highest BCUT2D eigenvalue weighted by molar-refractivity contribution is 5.16. The van der Waals surface area contributed by atoms with Crippen LogP contribution in [0.2, 0.25) is 0 Å². The van der Waals surface area contributed by atoms with Gasteiger partial charge >= 0.3 is 0 Å². The van der Waals surface area contributed by atoms with E-state index in [2.05, 4.69) is 5.32 Å². The van der Waals surface area contributed by atoms with Crippen LogP contribution in [0.3, 0.4) is 0 Å². The molecule has 4 heteroatoms. The molecule has 0 radical (unpaired) electrons. The summed E-state index contributed by atoms with van der Waals surface area (Å²) in [5.41, 5.74) is 1.17. The molecule has 0 fully saturated rings. The number of benzene rings is 1. The first kappa shape index (κ1) is 16.1. The molecule has 0 heterocycles. The lowest BCUT2D eigenvalue weighted by molar-refractivity contribution is 0.0637. The van der Waals surface area contributed by atoms with Gasteiger partial charge in [-0.3, -0.25) is 0 Å². The third kappa shape index (κ3) is 7.25. The molecule has 19 heavy (non-hydrogen) atoms. The molecule has 1 aromatic carbocycles. The molecule has 0 spiro atoms.